The van der Waals surface area contributed by atoms with Crippen LogP contribution in [0.4, 0.5) is 10.1 Å². The van der Waals surface area contributed by atoms with Crippen LogP contribution in [0.3, 0.4) is 0 Å². The number of ether oxygens (including phenoxy) is 2. The predicted molar refractivity (Wildman–Crippen MR) is 137 cm³/mol. The van der Waals surface area contributed by atoms with Crippen molar-refractivity contribution in [3.63, 3.8) is 0 Å². The van der Waals surface area contributed by atoms with Gasteiger partial charge in [-0.2, -0.15) is 0 Å². The SMILES string of the molecule is CNC(=O)c1c(-c2ccc(Oc3ccc(F)cc3)cc2)oc2cc3c(cc12)[C@@H](C)OCCN3S(C)=O. The summed E-state index contributed by atoms with van der Waals surface area (Å²) in [4.78, 5) is 13.0. The van der Waals surface area contributed by atoms with Crippen LogP contribution in [0.15, 0.2) is 65.1 Å². The summed E-state index contributed by atoms with van der Waals surface area (Å²) in [6.07, 6.45) is 1.39. The van der Waals surface area contributed by atoms with Gasteiger partial charge in [-0.05, 0) is 61.5 Å². The molecule has 4 aromatic rings. The van der Waals surface area contributed by atoms with E-state index in [1.54, 1.807) is 54.0 Å². The number of benzene rings is 3. The lowest BCUT2D eigenvalue weighted by atomic mass is 10.0. The van der Waals surface area contributed by atoms with Crippen LogP contribution < -0.4 is 14.4 Å². The number of carbonyl (C=O) groups is 1. The van der Waals surface area contributed by atoms with Crippen molar-refractivity contribution in [2.45, 2.75) is 13.0 Å². The highest BCUT2D eigenvalue weighted by molar-refractivity contribution is 7.85. The van der Waals surface area contributed by atoms with Crippen molar-refractivity contribution < 1.29 is 27.3 Å². The zero-order valence-electron chi connectivity index (χ0n) is 20.0. The minimum Gasteiger partial charge on any atom is -0.457 e. The molecular weight excluding hydrogens is 483 g/mol. The van der Waals surface area contributed by atoms with E-state index < -0.39 is 11.0 Å². The van der Waals surface area contributed by atoms with Crippen molar-refractivity contribution in [1.82, 2.24) is 5.32 Å². The normalized spacial score (nSPS) is 16.3. The Kier molecular flexibility index (Phi) is 6.51. The van der Waals surface area contributed by atoms with Crippen molar-refractivity contribution in [3.8, 4) is 22.8 Å². The highest BCUT2D eigenvalue weighted by atomic mass is 32.2. The Balaban J connectivity index is 1.59. The molecule has 0 bridgehead atoms. The number of halogens is 1. The molecule has 0 saturated carbocycles. The number of fused-ring (bicyclic) bond motifs is 2. The Labute approximate surface area is 210 Å². The fourth-order valence-corrected chi connectivity index (χ4v) is 5.11. The first-order valence-electron chi connectivity index (χ1n) is 11.4. The molecule has 0 spiro atoms. The van der Waals surface area contributed by atoms with E-state index >= 15 is 0 Å². The summed E-state index contributed by atoms with van der Waals surface area (Å²) >= 11 is 0. The second-order valence-corrected chi connectivity index (χ2v) is 9.70. The van der Waals surface area contributed by atoms with E-state index in [0.717, 1.165) is 11.3 Å². The highest BCUT2D eigenvalue weighted by Crippen LogP contribution is 2.41. The topological polar surface area (TPSA) is 81.0 Å². The van der Waals surface area contributed by atoms with Crippen LogP contribution in [0, 0.1) is 5.82 Å². The number of hydrogen-bond donors (Lipinski definition) is 1. The number of anilines is 1. The van der Waals surface area contributed by atoms with Crippen molar-refractivity contribution in [2.24, 2.45) is 0 Å². The molecule has 0 aliphatic carbocycles. The third-order valence-corrected chi connectivity index (χ3v) is 7.14. The number of furan rings is 1. The molecule has 36 heavy (non-hydrogen) atoms. The van der Waals surface area contributed by atoms with Gasteiger partial charge in [-0.15, -0.1) is 0 Å². The standard InChI is InChI=1S/C27H25FN2O5S/c1-16-21-14-22-24(15-23(21)30(36(3)32)12-13-33-16)35-26(25(22)27(31)29-2)17-4-8-19(9-5-17)34-20-10-6-18(28)7-11-20/h4-11,14-16H,12-13H2,1-3H3,(H,29,31)/t16-,36?/m1/s1. The molecular formula is C27H25FN2O5S. The molecule has 1 N–H and O–H groups in total. The van der Waals surface area contributed by atoms with Gasteiger partial charge in [0.05, 0.1) is 30.5 Å². The molecule has 186 valence electrons. The Hall–Kier alpha value is -3.69. The summed E-state index contributed by atoms with van der Waals surface area (Å²) in [6, 6.07) is 16.6. The fraction of sp³-hybridized carbons (Fsp3) is 0.222. The first-order chi connectivity index (χ1) is 17.4. The minimum absolute atomic E-state index is 0.239. The van der Waals surface area contributed by atoms with Gasteiger partial charge in [0.1, 0.15) is 39.6 Å². The van der Waals surface area contributed by atoms with Crippen LogP contribution >= 0.6 is 0 Å². The molecule has 9 heteroatoms. The van der Waals surface area contributed by atoms with Gasteiger partial charge in [-0.1, -0.05) is 0 Å². The molecule has 1 unspecified atom stereocenters. The molecule has 1 aromatic heterocycles. The molecule has 2 atom stereocenters. The van der Waals surface area contributed by atoms with E-state index in [0.29, 0.717) is 52.5 Å². The number of amides is 1. The number of rotatable bonds is 5. The van der Waals surface area contributed by atoms with E-state index in [-0.39, 0.29) is 17.8 Å². The molecule has 2 heterocycles. The number of nitrogens with one attached hydrogen (secondary N) is 1. The van der Waals surface area contributed by atoms with Gasteiger partial charge in [0, 0.05) is 35.9 Å². The maximum atomic E-state index is 13.2. The summed E-state index contributed by atoms with van der Waals surface area (Å²) in [5.74, 6) is 0.858. The summed E-state index contributed by atoms with van der Waals surface area (Å²) in [5, 5.41) is 3.35. The molecule has 1 aliphatic rings. The average Bonchev–Trinajstić information content (AvgIpc) is 3.16. The Bertz CT molecular complexity index is 1450. The highest BCUT2D eigenvalue weighted by Gasteiger charge is 2.28. The smallest absolute Gasteiger partial charge is 0.255 e. The van der Waals surface area contributed by atoms with Crippen LogP contribution in [0.2, 0.25) is 0 Å². The lowest BCUT2D eigenvalue weighted by molar-refractivity contribution is 0.0770. The van der Waals surface area contributed by atoms with E-state index in [9.17, 15) is 13.4 Å². The zero-order valence-corrected chi connectivity index (χ0v) is 20.9. The molecule has 0 fully saturated rings. The van der Waals surface area contributed by atoms with Gasteiger partial charge in [0.25, 0.3) is 5.91 Å². The first kappa shape index (κ1) is 24.0. The van der Waals surface area contributed by atoms with Gasteiger partial charge in [-0.25, -0.2) is 8.60 Å². The summed E-state index contributed by atoms with van der Waals surface area (Å²) in [7, 11) is 0.321. The second kappa shape index (κ2) is 9.75. The Morgan fingerprint density at radius 2 is 1.78 bits per heavy atom. The van der Waals surface area contributed by atoms with Gasteiger partial charge in [-0.3, -0.25) is 9.10 Å². The third kappa shape index (κ3) is 4.47. The second-order valence-electron chi connectivity index (χ2n) is 8.41. The fourth-order valence-electron chi connectivity index (χ4n) is 4.35. The summed E-state index contributed by atoms with van der Waals surface area (Å²) in [6.45, 7) is 2.86. The Morgan fingerprint density at radius 1 is 1.11 bits per heavy atom. The average molecular weight is 509 g/mol. The van der Waals surface area contributed by atoms with Crippen LogP contribution in [0.1, 0.15) is 28.9 Å². The van der Waals surface area contributed by atoms with Crippen LogP contribution in [0.5, 0.6) is 11.5 Å². The molecule has 5 rings (SSSR count). The lowest BCUT2D eigenvalue weighted by Gasteiger charge is -2.21. The van der Waals surface area contributed by atoms with Crippen LogP contribution in [-0.2, 0) is 15.7 Å². The largest absolute Gasteiger partial charge is 0.457 e. The quantitative estimate of drug-likeness (QED) is 0.381. The summed E-state index contributed by atoms with van der Waals surface area (Å²) in [5.41, 5.74) is 3.21. The maximum absolute atomic E-state index is 13.2. The van der Waals surface area contributed by atoms with Crippen molar-refractivity contribution in [3.05, 3.63) is 77.6 Å². The number of nitrogens with zero attached hydrogens (tertiary/aromatic N) is 1. The van der Waals surface area contributed by atoms with Gasteiger partial charge < -0.3 is 19.2 Å². The molecule has 1 amide bonds. The molecule has 1 aliphatic heterocycles. The first-order valence-corrected chi connectivity index (χ1v) is 13.0. The minimum atomic E-state index is -1.25. The molecule has 7 nitrogen and oxygen atoms in total. The Morgan fingerprint density at radius 3 is 2.42 bits per heavy atom. The van der Waals surface area contributed by atoms with Crippen molar-refractivity contribution >= 4 is 33.5 Å². The molecule has 0 radical (unpaired) electrons. The van der Waals surface area contributed by atoms with Crippen molar-refractivity contribution in [1.29, 1.82) is 0 Å². The van der Waals surface area contributed by atoms with E-state index in [1.165, 1.54) is 12.1 Å². The third-order valence-electron chi connectivity index (χ3n) is 6.14. The van der Waals surface area contributed by atoms with Crippen molar-refractivity contribution in [2.75, 3.05) is 30.8 Å². The van der Waals surface area contributed by atoms with E-state index in [1.807, 2.05) is 19.1 Å². The van der Waals surface area contributed by atoms with E-state index in [2.05, 4.69) is 5.32 Å². The summed E-state index contributed by atoms with van der Waals surface area (Å²) < 4.78 is 45.3. The predicted octanol–water partition coefficient (Wildman–Crippen LogP) is 5.58. The van der Waals surface area contributed by atoms with E-state index in [4.69, 9.17) is 13.9 Å². The van der Waals surface area contributed by atoms with Gasteiger partial charge in [0.15, 0.2) is 0 Å². The van der Waals surface area contributed by atoms with Crippen LogP contribution in [0.25, 0.3) is 22.3 Å². The molecule has 0 saturated heterocycles. The van der Waals surface area contributed by atoms with Gasteiger partial charge in [0.2, 0.25) is 0 Å². The van der Waals surface area contributed by atoms with Gasteiger partial charge >= 0.3 is 0 Å². The zero-order chi connectivity index (χ0) is 25.4. The number of hydrogen-bond acceptors (Lipinski definition) is 5. The lowest BCUT2D eigenvalue weighted by Crippen LogP contribution is -2.27. The maximum Gasteiger partial charge on any atom is 0.255 e. The van der Waals surface area contributed by atoms with Crippen LogP contribution in [-0.4, -0.2) is 36.6 Å². The number of carbonyl (C=O) groups excluding carboxylic acids is 1. The molecule has 3 aromatic carbocycles. The monoisotopic (exact) mass is 508 g/mol.